The molecule has 0 unspecified atom stereocenters. The van der Waals surface area contributed by atoms with E-state index in [1.807, 2.05) is 0 Å². The Morgan fingerprint density at radius 2 is 0.645 bits per heavy atom. The second-order valence-electron chi connectivity index (χ2n) is 16.1. The number of hydrogen-bond acceptors (Lipinski definition) is 0. The van der Waals surface area contributed by atoms with Crippen molar-refractivity contribution in [1.29, 1.82) is 0 Å². The van der Waals surface area contributed by atoms with Crippen molar-refractivity contribution in [3.63, 3.8) is 0 Å². The number of aromatic nitrogens is 2. The van der Waals surface area contributed by atoms with Crippen LogP contribution in [-0.2, 0) is 0 Å². The summed E-state index contributed by atoms with van der Waals surface area (Å²) in [6.45, 7) is 0. The summed E-state index contributed by atoms with van der Waals surface area (Å²) in [5.41, 5.74) is 18.9. The van der Waals surface area contributed by atoms with Gasteiger partial charge in [0.2, 0.25) is 0 Å². The average Bonchev–Trinajstić information content (AvgIpc) is 3.86. The van der Waals surface area contributed by atoms with Crippen molar-refractivity contribution in [2.24, 2.45) is 0 Å². The zero-order valence-electron chi connectivity index (χ0n) is 34.0. The fourth-order valence-corrected chi connectivity index (χ4v) is 9.61. The lowest BCUT2D eigenvalue weighted by Crippen LogP contribution is -2.00. The Morgan fingerprint density at radius 3 is 1.23 bits per heavy atom. The smallest absolute Gasteiger partial charge is 0.0547 e. The van der Waals surface area contributed by atoms with Crippen LogP contribution in [0.5, 0.6) is 0 Å². The molecule has 290 valence electrons. The molecule has 0 spiro atoms. The van der Waals surface area contributed by atoms with Crippen LogP contribution < -0.4 is 0 Å². The minimum Gasteiger partial charge on any atom is -0.309 e. The first-order valence-corrected chi connectivity index (χ1v) is 21.3. The number of rotatable bonds is 7. The molecule has 2 heteroatoms. The summed E-state index contributed by atoms with van der Waals surface area (Å²) in [6, 6.07) is 88.6. The fraction of sp³-hybridized carbons (Fsp3) is 0. The molecule has 0 aliphatic rings. The molecule has 12 rings (SSSR count). The van der Waals surface area contributed by atoms with Crippen molar-refractivity contribution >= 4 is 43.6 Å². The van der Waals surface area contributed by atoms with Gasteiger partial charge in [0.25, 0.3) is 0 Å². The van der Waals surface area contributed by atoms with Gasteiger partial charge in [0.15, 0.2) is 0 Å². The molecule has 0 aliphatic carbocycles. The Labute approximate surface area is 360 Å². The van der Waals surface area contributed by atoms with E-state index >= 15 is 0 Å². The molecule has 0 bridgehead atoms. The van der Waals surface area contributed by atoms with Crippen LogP contribution in [0.4, 0.5) is 0 Å². The minimum absolute atomic E-state index is 1.14. The maximum Gasteiger partial charge on any atom is 0.0547 e. The molecule has 2 nitrogen and oxygen atoms in total. The van der Waals surface area contributed by atoms with Crippen molar-refractivity contribution in [3.05, 3.63) is 243 Å². The summed E-state index contributed by atoms with van der Waals surface area (Å²) in [6.07, 6.45) is 0. The van der Waals surface area contributed by atoms with Crippen LogP contribution in [0.25, 0.3) is 111 Å². The third-order valence-corrected chi connectivity index (χ3v) is 12.5. The lowest BCUT2D eigenvalue weighted by molar-refractivity contribution is 1.18. The van der Waals surface area contributed by atoms with E-state index in [-0.39, 0.29) is 0 Å². The molecule has 0 amide bonds. The van der Waals surface area contributed by atoms with E-state index < -0.39 is 0 Å². The van der Waals surface area contributed by atoms with Crippen molar-refractivity contribution in [2.75, 3.05) is 0 Å². The quantitative estimate of drug-likeness (QED) is 0.152. The minimum atomic E-state index is 1.14. The maximum atomic E-state index is 2.50. The molecule has 2 aromatic heterocycles. The topological polar surface area (TPSA) is 9.86 Å². The van der Waals surface area contributed by atoms with Gasteiger partial charge in [-0.2, -0.15) is 0 Å². The van der Waals surface area contributed by atoms with E-state index in [0.29, 0.717) is 0 Å². The highest BCUT2D eigenvalue weighted by atomic mass is 15.0. The Bertz CT molecular complexity index is 3490. The van der Waals surface area contributed by atoms with Gasteiger partial charge in [-0.3, -0.25) is 0 Å². The van der Waals surface area contributed by atoms with Crippen LogP contribution in [0, 0.1) is 0 Å². The van der Waals surface area contributed by atoms with Gasteiger partial charge in [-0.25, -0.2) is 0 Å². The Hall–Kier alpha value is -8.20. The highest BCUT2D eigenvalue weighted by molar-refractivity contribution is 6.13. The van der Waals surface area contributed by atoms with E-state index in [9.17, 15) is 0 Å². The molecule has 0 saturated carbocycles. The van der Waals surface area contributed by atoms with Crippen LogP contribution in [0.15, 0.2) is 243 Å². The summed E-state index contributed by atoms with van der Waals surface area (Å²) in [5.74, 6) is 0. The van der Waals surface area contributed by atoms with E-state index in [1.54, 1.807) is 0 Å². The molecule has 12 aromatic rings. The SMILES string of the molecule is c1ccc(-c2ccc3c(c2)c2cc(-c4ccccc4)ccc2n3-c2cc(-c3ccccc3)c(-c3ccc4c5ccccc5n(-c5ccccc5)c4c3)cc2-c2ccccc2)cc1. The van der Waals surface area contributed by atoms with E-state index in [1.165, 1.54) is 99.2 Å². The highest BCUT2D eigenvalue weighted by Gasteiger charge is 2.22. The summed E-state index contributed by atoms with van der Waals surface area (Å²) in [7, 11) is 0. The molecule has 62 heavy (non-hydrogen) atoms. The molecular weight excluding hydrogens is 749 g/mol. The predicted octanol–water partition coefficient (Wildman–Crippen LogP) is 16.2. The molecule has 0 radical (unpaired) electrons. The zero-order valence-corrected chi connectivity index (χ0v) is 34.0. The fourth-order valence-electron chi connectivity index (χ4n) is 9.61. The molecule has 0 aliphatic heterocycles. The molecule has 0 fully saturated rings. The van der Waals surface area contributed by atoms with Crippen LogP contribution in [0.1, 0.15) is 0 Å². The summed E-state index contributed by atoms with van der Waals surface area (Å²) in [4.78, 5) is 0. The number of nitrogens with zero attached hydrogens (tertiary/aromatic N) is 2. The predicted molar refractivity (Wildman–Crippen MR) is 262 cm³/mol. The van der Waals surface area contributed by atoms with Gasteiger partial charge >= 0.3 is 0 Å². The van der Waals surface area contributed by atoms with Gasteiger partial charge in [-0.15, -0.1) is 0 Å². The Balaban J connectivity index is 1.17. The first-order valence-electron chi connectivity index (χ1n) is 21.3. The summed E-state index contributed by atoms with van der Waals surface area (Å²) >= 11 is 0. The Morgan fingerprint density at radius 1 is 0.210 bits per heavy atom. The molecular formula is C60H40N2. The average molecular weight is 789 g/mol. The van der Waals surface area contributed by atoms with Crippen molar-refractivity contribution in [3.8, 4) is 67.0 Å². The number of para-hydroxylation sites is 2. The van der Waals surface area contributed by atoms with E-state index in [2.05, 4.69) is 252 Å². The largest absolute Gasteiger partial charge is 0.309 e. The van der Waals surface area contributed by atoms with Crippen LogP contribution in [-0.4, -0.2) is 9.13 Å². The monoisotopic (exact) mass is 788 g/mol. The van der Waals surface area contributed by atoms with Crippen LogP contribution in [0.3, 0.4) is 0 Å². The molecule has 10 aromatic carbocycles. The normalized spacial score (nSPS) is 11.5. The molecule has 2 heterocycles. The first-order chi connectivity index (χ1) is 30.8. The van der Waals surface area contributed by atoms with Gasteiger partial charge in [0, 0.05) is 32.8 Å². The van der Waals surface area contributed by atoms with Gasteiger partial charge < -0.3 is 9.13 Å². The number of hydrogen-bond donors (Lipinski definition) is 0. The van der Waals surface area contributed by atoms with Crippen LogP contribution in [0.2, 0.25) is 0 Å². The first kappa shape index (κ1) is 35.7. The number of fused-ring (bicyclic) bond motifs is 6. The van der Waals surface area contributed by atoms with Gasteiger partial charge in [-0.05, 0) is 111 Å². The van der Waals surface area contributed by atoms with Crippen molar-refractivity contribution in [1.82, 2.24) is 9.13 Å². The number of benzene rings is 10. The lowest BCUT2D eigenvalue weighted by atomic mass is 9.89. The molecule has 0 saturated heterocycles. The molecule has 0 N–H and O–H groups in total. The molecule has 0 atom stereocenters. The van der Waals surface area contributed by atoms with E-state index in [4.69, 9.17) is 0 Å². The summed E-state index contributed by atoms with van der Waals surface area (Å²) in [5, 5.41) is 4.94. The second kappa shape index (κ2) is 14.8. The maximum absolute atomic E-state index is 2.50. The van der Waals surface area contributed by atoms with Gasteiger partial charge in [0.05, 0.1) is 27.8 Å². The second-order valence-corrected chi connectivity index (χ2v) is 16.1. The highest BCUT2D eigenvalue weighted by Crippen LogP contribution is 2.45. The van der Waals surface area contributed by atoms with Crippen molar-refractivity contribution in [2.45, 2.75) is 0 Å². The zero-order chi connectivity index (χ0) is 41.0. The third kappa shape index (κ3) is 5.96. The van der Waals surface area contributed by atoms with Gasteiger partial charge in [0.1, 0.15) is 0 Å². The Kier molecular flexibility index (Phi) is 8.53. The third-order valence-electron chi connectivity index (χ3n) is 12.5. The van der Waals surface area contributed by atoms with Crippen molar-refractivity contribution < 1.29 is 0 Å². The van der Waals surface area contributed by atoms with Gasteiger partial charge in [-0.1, -0.05) is 182 Å². The van der Waals surface area contributed by atoms with Crippen LogP contribution >= 0.6 is 0 Å². The summed E-state index contributed by atoms with van der Waals surface area (Å²) < 4.78 is 4.91. The standard InChI is InChI=1S/C60H40N2/c1-6-18-41(19-7-1)45-31-34-57-54(36-45)55-37-46(42-20-8-2-9-21-42)32-35-58(55)62(57)60-40-52(43-22-10-3-11-23-43)51(39-53(60)44-24-12-4-13-25-44)47-30-33-50-49-28-16-17-29-56(49)61(59(50)38-47)48-26-14-5-15-27-48/h1-40H. The van der Waals surface area contributed by atoms with E-state index in [0.717, 1.165) is 11.4 Å². The lowest BCUT2D eigenvalue weighted by Gasteiger charge is -2.20.